The van der Waals surface area contributed by atoms with E-state index in [-0.39, 0.29) is 42.3 Å². The van der Waals surface area contributed by atoms with Crippen molar-refractivity contribution in [3.05, 3.63) is 65.7 Å². The molecule has 0 unspecified atom stereocenters. The SMILES string of the molecule is C[C@H]1CC(=O)Nc2ccccc2N1C(=O)CSc1nnc(Cc2ccccc2F)n1N. The lowest BCUT2D eigenvalue weighted by molar-refractivity contribution is -0.117. The first-order valence-electron chi connectivity index (χ1n) is 9.70. The number of thioether (sulfide) groups is 1. The third kappa shape index (κ3) is 4.38. The second kappa shape index (κ2) is 8.76. The number of anilines is 2. The summed E-state index contributed by atoms with van der Waals surface area (Å²) in [6, 6.07) is 13.3. The maximum absolute atomic E-state index is 13.9. The van der Waals surface area contributed by atoms with Gasteiger partial charge in [-0.25, -0.2) is 9.07 Å². The van der Waals surface area contributed by atoms with E-state index < -0.39 is 0 Å². The van der Waals surface area contributed by atoms with E-state index in [2.05, 4.69) is 15.5 Å². The number of fused-ring (bicyclic) bond motifs is 1. The van der Waals surface area contributed by atoms with Crippen LogP contribution in [0.5, 0.6) is 0 Å². The molecule has 0 fully saturated rings. The fraction of sp³-hybridized carbons (Fsp3) is 0.238. The van der Waals surface area contributed by atoms with Gasteiger partial charge in [-0.2, -0.15) is 0 Å². The monoisotopic (exact) mass is 440 g/mol. The van der Waals surface area contributed by atoms with Gasteiger partial charge >= 0.3 is 0 Å². The average Bonchev–Trinajstić information content (AvgIpc) is 3.01. The van der Waals surface area contributed by atoms with E-state index in [9.17, 15) is 14.0 Å². The topological polar surface area (TPSA) is 106 Å². The maximum Gasteiger partial charge on any atom is 0.237 e. The molecule has 1 atom stereocenters. The molecule has 0 spiro atoms. The Bertz CT molecular complexity index is 1130. The predicted molar refractivity (Wildman–Crippen MR) is 117 cm³/mol. The average molecular weight is 441 g/mol. The molecule has 0 bridgehead atoms. The van der Waals surface area contributed by atoms with Crippen LogP contribution in [-0.2, 0) is 16.0 Å². The normalized spacial score (nSPS) is 15.9. The number of carbonyl (C=O) groups is 2. The number of nitrogens with two attached hydrogens (primary N) is 1. The highest BCUT2D eigenvalue weighted by Crippen LogP contribution is 2.32. The van der Waals surface area contributed by atoms with Crippen molar-refractivity contribution in [2.45, 2.75) is 31.0 Å². The number of carbonyl (C=O) groups excluding carboxylic acids is 2. The van der Waals surface area contributed by atoms with Gasteiger partial charge in [0.15, 0.2) is 5.82 Å². The first-order valence-corrected chi connectivity index (χ1v) is 10.7. The molecular weight excluding hydrogens is 419 g/mol. The van der Waals surface area contributed by atoms with E-state index in [1.54, 1.807) is 41.3 Å². The van der Waals surface area contributed by atoms with Crippen molar-refractivity contribution in [2.75, 3.05) is 21.8 Å². The zero-order valence-electron chi connectivity index (χ0n) is 16.8. The number of rotatable bonds is 5. The molecule has 160 valence electrons. The summed E-state index contributed by atoms with van der Waals surface area (Å²) in [6.45, 7) is 1.84. The summed E-state index contributed by atoms with van der Waals surface area (Å²) in [6.07, 6.45) is 0.389. The van der Waals surface area contributed by atoms with Gasteiger partial charge in [0.1, 0.15) is 5.82 Å². The van der Waals surface area contributed by atoms with Crippen molar-refractivity contribution in [2.24, 2.45) is 0 Å². The molecule has 3 aromatic rings. The Balaban J connectivity index is 1.48. The first kappa shape index (κ1) is 20.9. The molecule has 2 amide bonds. The van der Waals surface area contributed by atoms with Gasteiger partial charge in [0.2, 0.25) is 17.0 Å². The summed E-state index contributed by atoms with van der Waals surface area (Å²) < 4.78 is 15.2. The van der Waals surface area contributed by atoms with Gasteiger partial charge in [-0.15, -0.1) is 10.2 Å². The summed E-state index contributed by atoms with van der Waals surface area (Å²) >= 11 is 1.14. The largest absolute Gasteiger partial charge is 0.336 e. The molecule has 10 heteroatoms. The molecule has 2 aromatic carbocycles. The summed E-state index contributed by atoms with van der Waals surface area (Å²) in [5, 5.41) is 11.3. The summed E-state index contributed by atoms with van der Waals surface area (Å²) in [4.78, 5) is 26.8. The number of amides is 2. The molecule has 1 aliphatic heterocycles. The standard InChI is InChI=1S/C21H21FN6O2S/c1-13-10-19(29)24-16-8-4-5-9-17(16)27(13)20(30)12-31-21-26-25-18(28(21)23)11-14-6-2-3-7-15(14)22/h2-9,13H,10-12,23H2,1H3,(H,24,29)/t13-/m0/s1. The minimum Gasteiger partial charge on any atom is -0.336 e. The van der Waals surface area contributed by atoms with E-state index in [0.717, 1.165) is 11.8 Å². The van der Waals surface area contributed by atoms with Crippen LogP contribution in [0.2, 0.25) is 0 Å². The molecule has 0 aliphatic carbocycles. The molecule has 1 aliphatic rings. The van der Waals surface area contributed by atoms with Gasteiger partial charge in [-0.3, -0.25) is 9.59 Å². The summed E-state index contributed by atoms with van der Waals surface area (Å²) in [5.41, 5.74) is 1.71. The zero-order chi connectivity index (χ0) is 22.0. The van der Waals surface area contributed by atoms with Crippen molar-refractivity contribution in [3.8, 4) is 0 Å². The number of hydrogen-bond donors (Lipinski definition) is 2. The number of nitrogens with zero attached hydrogens (tertiary/aromatic N) is 4. The molecule has 3 N–H and O–H groups in total. The third-order valence-electron chi connectivity index (χ3n) is 4.99. The number of benzene rings is 2. The Labute approximate surface area is 182 Å². The Kier molecular flexibility index (Phi) is 5.90. The zero-order valence-corrected chi connectivity index (χ0v) is 17.6. The fourth-order valence-corrected chi connectivity index (χ4v) is 4.24. The third-order valence-corrected chi connectivity index (χ3v) is 5.92. The van der Waals surface area contributed by atoms with Crippen LogP contribution in [0.4, 0.5) is 15.8 Å². The van der Waals surface area contributed by atoms with Crippen LogP contribution in [0, 0.1) is 5.82 Å². The molecule has 2 heterocycles. The Morgan fingerprint density at radius 2 is 1.97 bits per heavy atom. The predicted octanol–water partition coefficient (Wildman–Crippen LogP) is 2.58. The van der Waals surface area contributed by atoms with Crippen LogP contribution in [0.3, 0.4) is 0 Å². The maximum atomic E-state index is 13.9. The number of para-hydroxylation sites is 2. The van der Waals surface area contributed by atoms with Gasteiger partial charge in [-0.05, 0) is 30.7 Å². The van der Waals surface area contributed by atoms with Crippen molar-refractivity contribution in [3.63, 3.8) is 0 Å². The Morgan fingerprint density at radius 1 is 1.23 bits per heavy atom. The van der Waals surface area contributed by atoms with E-state index in [1.165, 1.54) is 10.7 Å². The fourth-order valence-electron chi connectivity index (χ4n) is 3.50. The molecule has 0 saturated heterocycles. The lowest BCUT2D eigenvalue weighted by Crippen LogP contribution is -2.40. The minimum absolute atomic E-state index is 0.0574. The van der Waals surface area contributed by atoms with Crippen LogP contribution in [0.15, 0.2) is 53.7 Å². The van der Waals surface area contributed by atoms with E-state index in [1.807, 2.05) is 13.0 Å². The Hall–Kier alpha value is -3.40. The molecule has 8 nitrogen and oxygen atoms in total. The molecule has 4 rings (SSSR count). The van der Waals surface area contributed by atoms with Crippen molar-refractivity contribution in [1.82, 2.24) is 14.9 Å². The van der Waals surface area contributed by atoms with E-state index >= 15 is 0 Å². The van der Waals surface area contributed by atoms with Crippen molar-refractivity contribution >= 4 is 35.0 Å². The van der Waals surface area contributed by atoms with Crippen LogP contribution < -0.4 is 16.1 Å². The minimum atomic E-state index is -0.341. The van der Waals surface area contributed by atoms with E-state index in [4.69, 9.17) is 5.84 Å². The highest BCUT2D eigenvalue weighted by Gasteiger charge is 2.29. The molecular formula is C21H21FN6O2S. The van der Waals surface area contributed by atoms with Gasteiger partial charge in [0, 0.05) is 18.9 Å². The number of nitrogens with one attached hydrogen (secondary N) is 1. The number of halogens is 1. The smallest absolute Gasteiger partial charge is 0.237 e. The lowest BCUT2D eigenvalue weighted by atomic mass is 10.1. The molecule has 1 aromatic heterocycles. The van der Waals surface area contributed by atoms with Gasteiger partial charge in [0.05, 0.1) is 17.1 Å². The van der Waals surface area contributed by atoms with Gasteiger partial charge < -0.3 is 16.1 Å². The van der Waals surface area contributed by atoms with Crippen LogP contribution in [-0.4, -0.2) is 38.5 Å². The summed E-state index contributed by atoms with van der Waals surface area (Å²) in [7, 11) is 0. The number of nitrogen functional groups attached to an aromatic ring is 1. The van der Waals surface area contributed by atoms with Crippen LogP contribution >= 0.6 is 11.8 Å². The number of aromatic nitrogens is 3. The van der Waals surface area contributed by atoms with Crippen LogP contribution in [0.1, 0.15) is 24.7 Å². The van der Waals surface area contributed by atoms with Crippen molar-refractivity contribution in [1.29, 1.82) is 0 Å². The highest BCUT2D eigenvalue weighted by atomic mass is 32.2. The van der Waals surface area contributed by atoms with Gasteiger partial charge in [-0.1, -0.05) is 42.1 Å². The van der Waals surface area contributed by atoms with Gasteiger partial charge in [0.25, 0.3) is 0 Å². The second-order valence-corrected chi connectivity index (χ2v) is 8.15. The first-order chi connectivity index (χ1) is 14.9. The van der Waals surface area contributed by atoms with E-state index in [0.29, 0.717) is 27.9 Å². The quantitative estimate of drug-likeness (QED) is 0.467. The number of hydrogen-bond acceptors (Lipinski definition) is 6. The highest BCUT2D eigenvalue weighted by molar-refractivity contribution is 7.99. The summed E-state index contributed by atoms with van der Waals surface area (Å²) in [5.74, 6) is 5.87. The molecule has 0 saturated carbocycles. The molecule has 31 heavy (non-hydrogen) atoms. The van der Waals surface area contributed by atoms with Crippen molar-refractivity contribution < 1.29 is 14.0 Å². The second-order valence-electron chi connectivity index (χ2n) is 7.21. The van der Waals surface area contributed by atoms with Crippen LogP contribution in [0.25, 0.3) is 0 Å². The lowest BCUT2D eigenvalue weighted by Gasteiger charge is -2.27. The molecule has 0 radical (unpaired) electrons. The Morgan fingerprint density at radius 3 is 2.77 bits per heavy atom.